The van der Waals surface area contributed by atoms with Crippen LogP contribution in [0, 0.1) is 23.7 Å². The number of nitrogens with two attached hydrogens (primary N) is 1. The molecule has 2 aliphatic rings. The maximum atomic E-state index is 14.8. The monoisotopic (exact) mass is 1210 g/mol. The first kappa shape index (κ1) is 72.4. The van der Waals surface area contributed by atoms with Gasteiger partial charge in [-0.2, -0.15) is 0 Å². The van der Waals surface area contributed by atoms with Crippen LogP contribution in [0.15, 0.2) is 72.8 Å². The fraction of sp³-hybridized carbons (Fsp3) is 0.625. The molecule has 2 aliphatic heterocycles. The maximum absolute atomic E-state index is 14.8. The topological polar surface area (TPSA) is 300 Å². The molecule has 2 aromatic rings. The Morgan fingerprint density at radius 1 is 0.678 bits per heavy atom. The number of rotatable bonds is 37. The van der Waals surface area contributed by atoms with E-state index < -0.39 is 102 Å². The number of methoxy groups -OCH3 is 2. The van der Waals surface area contributed by atoms with Crippen molar-refractivity contribution in [3.05, 3.63) is 83.9 Å². The number of amides is 10. The molecule has 4 rings (SSSR count). The van der Waals surface area contributed by atoms with Crippen LogP contribution in [0.4, 0.5) is 0 Å². The summed E-state index contributed by atoms with van der Waals surface area (Å²) in [6.07, 6.45) is 3.59. The minimum absolute atomic E-state index is 0.00643. The highest BCUT2D eigenvalue weighted by Crippen LogP contribution is 2.30. The van der Waals surface area contributed by atoms with Gasteiger partial charge in [-0.3, -0.25) is 57.7 Å². The number of likely N-dealkylation sites (N-methyl/N-ethyl adjacent to an activating group) is 2. The summed E-state index contributed by atoms with van der Waals surface area (Å²) >= 11 is 0. The molecule has 0 radical (unpaired) electrons. The third kappa shape index (κ3) is 21.6. The lowest BCUT2D eigenvalue weighted by Gasteiger charge is -2.41. The Bertz CT molecular complexity index is 2600. The second kappa shape index (κ2) is 36.3. The summed E-state index contributed by atoms with van der Waals surface area (Å²) in [5.74, 6) is -5.91. The zero-order chi connectivity index (χ0) is 64.5. The van der Waals surface area contributed by atoms with Crippen molar-refractivity contribution in [3.63, 3.8) is 0 Å². The molecule has 1 unspecified atom stereocenters. The zero-order valence-corrected chi connectivity index (χ0v) is 53.3. The molecule has 10 amide bonds. The van der Waals surface area contributed by atoms with Crippen molar-refractivity contribution in [1.82, 2.24) is 51.5 Å². The molecule has 11 atom stereocenters. The largest absolute Gasteiger partial charge is 0.379 e. The summed E-state index contributed by atoms with van der Waals surface area (Å²) in [6.45, 7) is 14.0. The van der Waals surface area contributed by atoms with Crippen molar-refractivity contribution in [3.8, 4) is 0 Å². The van der Waals surface area contributed by atoms with Gasteiger partial charge in [0.05, 0.1) is 42.7 Å². The SMILES string of the molecule is CC[C@H](C)[C@@H]([C@@H](CC(=O)N1CCC[C@H]1C(OC)[C@@H](C)C(=O)N[C@@H](Cc1ccccc1)C(=O)N[C@@H](Cc1ccccc1)C(=O)N[C@@H](CCCCN)C(=O)NCCNC(=O)CCN1C(=O)C=CC1=O)OC)N(C)C(=O)[C@@H](NC(=O)[C@H](C(C)C)N(C)C)C(C)C. The Morgan fingerprint density at radius 3 is 1.74 bits per heavy atom. The molecule has 23 heteroatoms. The van der Waals surface area contributed by atoms with Gasteiger partial charge in [0.15, 0.2) is 0 Å². The average molecular weight is 1210 g/mol. The Morgan fingerprint density at radius 2 is 1.23 bits per heavy atom. The first-order valence-electron chi connectivity index (χ1n) is 30.7. The van der Waals surface area contributed by atoms with Crippen LogP contribution in [-0.4, -0.2) is 201 Å². The first-order chi connectivity index (χ1) is 41.4. The van der Waals surface area contributed by atoms with E-state index in [1.54, 1.807) is 48.0 Å². The van der Waals surface area contributed by atoms with Crippen molar-refractivity contribution >= 4 is 59.1 Å². The number of likely N-dealkylation sites (tertiary alicyclic amines) is 1. The van der Waals surface area contributed by atoms with Gasteiger partial charge in [-0.05, 0) is 81.6 Å². The summed E-state index contributed by atoms with van der Waals surface area (Å²) in [7, 11) is 8.36. The molecule has 2 aromatic carbocycles. The predicted octanol–water partition coefficient (Wildman–Crippen LogP) is 2.25. The predicted molar refractivity (Wildman–Crippen MR) is 331 cm³/mol. The molecule has 2 heterocycles. The second-order valence-corrected chi connectivity index (χ2v) is 23.9. The van der Waals surface area contributed by atoms with E-state index in [1.807, 2.05) is 96.9 Å². The molecule has 1 fully saturated rings. The van der Waals surface area contributed by atoms with E-state index in [0.29, 0.717) is 50.8 Å². The normalized spacial score (nSPS) is 17.6. The lowest BCUT2D eigenvalue weighted by Crippen LogP contribution is -2.60. The molecule has 8 N–H and O–H groups in total. The number of benzene rings is 2. The van der Waals surface area contributed by atoms with Gasteiger partial charge in [-0.25, -0.2) is 0 Å². The first-order valence-corrected chi connectivity index (χ1v) is 30.7. The molecular weight excluding hydrogens is 1110 g/mol. The van der Waals surface area contributed by atoms with Crippen LogP contribution in [-0.2, 0) is 70.3 Å². The summed E-state index contributed by atoms with van der Waals surface area (Å²) in [4.78, 5) is 143. The van der Waals surface area contributed by atoms with E-state index in [2.05, 4.69) is 31.9 Å². The highest BCUT2D eigenvalue weighted by molar-refractivity contribution is 6.13. The van der Waals surface area contributed by atoms with Crippen molar-refractivity contribution < 1.29 is 57.4 Å². The molecule has 0 aliphatic carbocycles. The highest BCUT2D eigenvalue weighted by atomic mass is 16.5. The molecule has 0 spiro atoms. The fourth-order valence-electron chi connectivity index (χ4n) is 11.6. The van der Waals surface area contributed by atoms with Gasteiger partial charge in [-0.1, -0.05) is 116 Å². The lowest BCUT2D eigenvalue weighted by atomic mass is 9.89. The number of carbonyl (C=O) groups excluding carboxylic acids is 10. The zero-order valence-electron chi connectivity index (χ0n) is 53.3. The Hall–Kier alpha value is -7.08. The van der Waals surface area contributed by atoms with Gasteiger partial charge in [0.2, 0.25) is 47.3 Å². The molecule has 0 aromatic heterocycles. The van der Waals surface area contributed by atoms with Crippen molar-refractivity contribution in [2.45, 2.75) is 167 Å². The standard InChI is InChI=1S/C64H99N11O12/c1-13-42(6)57(73(10)64(85)55(40(2)3)71-63(84)56(41(4)5)72(8)9)50(86-11)39-54(79)74-35-22-28-49(74)58(87-12)43(7)59(80)69-47(37-44-23-16-14-17-24-44)62(83)70-48(38-45-25-18-15-19-26-45)61(82)68-46(27-20-21-32-65)60(81)67-34-33-66-51(76)31-36-75-52(77)29-30-53(75)78/h14-19,23-26,29-30,40-43,46-50,55-58H,13,20-22,27-28,31-39,65H2,1-12H3,(H,66,76)(H,67,81)(H,68,82)(H,69,80)(H,70,83)(H,71,84)/t42-,43+,46-,47-,48-,49-,50+,55-,56-,57-,58?/m0/s1. The average Bonchev–Trinajstić information content (AvgIpc) is 2.65. The minimum atomic E-state index is -1.23. The molecule has 0 bridgehead atoms. The number of unbranched alkanes of at least 4 members (excludes halogenated alkanes) is 1. The summed E-state index contributed by atoms with van der Waals surface area (Å²) < 4.78 is 12.2. The van der Waals surface area contributed by atoms with Crippen LogP contribution in [0.3, 0.4) is 0 Å². The van der Waals surface area contributed by atoms with E-state index in [9.17, 15) is 47.9 Å². The molecule has 87 heavy (non-hydrogen) atoms. The second-order valence-electron chi connectivity index (χ2n) is 23.9. The number of imide groups is 1. The van der Waals surface area contributed by atoms with Crippen molar-refractivity contribution in [2.75, 3.05) is 68.1 Å². The summed E-state index contributed by atoms with van der Waals surface area (Å²) in [5, 5.41) is 17.1. The van der Waals surface area contributed by atoms with E-state index in [1.165, 1.54) is 14.2 Å². The van der Waals surface area contributed by atoms with Crippen LogP contribution in [0.1, 0.15) is 111 Å². The Labute approximate surface area is 514 Å². The number of hydrogen-bond donors (Lipinski definition) is 7. The molecule has 23 nitrogen and oxygen atoms in total. The Balaban J connectivity index is 1.53. The quantitative estimate of drug-likeness (QED) is 0.0378. The number of nitrogens with one attached hydrogen (secondary N) is 6. The van der Waals surface area contributed by atoms with E-state index in [4.69, 9.17) is 15.2 Å². The summed E-state index contributed by atoms with van der Waals surface area (Å²) in [6, 6.07) is 12.2. The molecular formula is C64H99N11O12. The third-order valence-electron chi connectivity index (χ3n) is 16.6. The van der Waals surface area contributed by atoms with E-state index in [-0.39, 0.29) is 87.2 Å². The van der Waals surface area contributed by atoms with Gasteiger partial charge in [0.25, 0.3) is 11.8 Å². The van der Waals surface area contributed by atoms with Crippen LogP contribution >= 0.6 is 0 Å². The summed E-state index contributed by atoms with van der Waals surface area (Å²) in [5.41, 5.74) is 7.22. The number of carbonyl (C=O) groups is 10. The van der Waals surface area contributed by atoms with Crippen molar-refractivity contribution in [1.29, 1.82) is 0 Å². The van der Waals surface area contributed by atoms with Crippen LogP contribution < -0.4 is 37.6 Å². The van der Waals surface area contributed by atoms with Gasteiger partial charge < -0.3 is 56.9 Å². The smallest absolute Gasteiger partial charge is 0.253 e. The molecule has 0 saturated carbocycles. The third-order valence-corrected chi connectivity index (χ3v) is 16.6. The van der Waals surface area contributed by atoms with E-state index >= 15 is 0 Å². The minimum Gasteiger partial charge on any atom is -0.379 e. The van der Waals surface area contributed by atoms with Gasteiger partial charge in [0, 0.05) is 78.9 Å². The van der Waals surface area contributed by atoms with Gasteiger partial charge in [0.1, 0.15) is 24.2 Å². The van der Waals surface area contributed by atoms with Crippen LogP contribution in [0.25, 0.3) is 0 Å². The maximum Gasteiger partial charge on any atom is 0.253 e. The fourth-order valence-corrected chi connectivity index (χ4v) is 11.6. The number of hydrogen-bond acceptors (Lipinski definition) is 14. The van der Waals surface area contributed by atoms with Gasteiger partial charge in [-0.15, -0.1) is 0 Å². The molecule has 1 saturated heterocycles. The van der Waals surface area contributed by atoms with Gasteiger partial charge >= 0.3 is 0 Å². The van der Waals surface area contributed by atoms with Crippen molar-refractivity contribution in [2.24, 2.45) is 29.4 Å². The van der Waals surface area contributed by atoms with E-state index in [0.717, 1.165) is 22.6 Å². The van der Waals surface area contributed by atoms with Crippen LogP contribution in [0.2, 0.25) is 0 Å². The number of nitrogens with zero attached hydrogens (tertiary/aromatic N) is 4. The van der Waals surface area contributed by atoms with Crippen LogP contribution in [0.5, 0.6) is 0 Å². The Kier molecular flexibility index (Phi) is 30.2. The molecule has 482 valence electrons. The lowest BCUT2D eigenvalue weighted by molar-refractivity contribution is -0.148. The highest BCUT2D eigenvalue weighted by Gasteiger charge is 2.44. The number of ether oxygens (including phenoxy) is 2.